The highest BCUT2D eigenvalue weighted by Gasteiger charge is 2.33. The number of rotatable bonds is 7. The highest BCUT2D eigenvalue weighted by molar-refractivity contribution is 5.92. The summed E-state index contributed by atoms with van der Waals surface area (Å²) in [5, 5.41) is 4.00. The topological polar surface area (TPSA) is 100 Å². The van der Waals surface area contributed by atoms with E-state index in [0.717, 1.165) is 40.8 Å². The number of nitrogens with one attached hydrogen (secondary N) is 2. The lowest BCUT2D eigenvalue weighted by molar-refractivity contribution is -0.138. The average Bonchev–Trinajstić information content (AvgIpc) is 3.13. The van der Waals surface area contributed by atoms with Crippen molar-refractivity contribution in [3.8, 4) is 5.75 Å². The Kier molecular flexibility index (Phi) is 6.93. The zero-order chi connectivity index (χ0) is 24.3. The molecule has 1 fully saturated rings. The van der Waals surface area contributed by atoms with Crippen LogP contribution in [0, 0.1) is 6.92 Å². The van der Waals surface area contributed by atoms with Crippen LogP contribution in [-0.4, -0.2) is 52.5 Å². The largest absolute Gasteiger partial charge is 0.490 e. The van der Waals surface area contributed by atoms with Crippen LogP contribution >= 0.6 is 0 Å². The van der Waals surface area contributed by atoms with Gasteiger partial charge in [-0.25, -0.2) is 0 Å². The van der Waals surface area contributed by atoms with Crippen LogP contribution in [-0.2, 0) is 16.0 Å². The van der Waals surface area contributed by atoms with Crippen molar-refractivity contribution in [1.82, 2.24) is 15.2 Å². The second-order valence-electron chi connectivity index (χ2n) is 9.68. The Morgan fingerprint density at radius 3 is 2.44 bits per heavy atom. The van der Waals surface area contributed by atoms with E-state index in [4.69, 9.17) is 10.5 Å². The molecule has 0 spiro atoms. The number of nitrogens with two attached hydrogens (primary N) is 1. The average molecular weight is 463 g/mol. The summed E-state index contributed by atoms with van der Waals surface area (Å²) < 4.78 is 6.07. The van der Waals surface area contributed by atoms with E-state index in [1.165, 1.54) is 0 Å². The second-order valence-corrected chi connectivity index (χ2v) is 9.68. The molecular formula is C27H34N4O3. The molecule has 2 amide bonds. The van der Waals surface area contributed by atoms with Crippen molar-refractivity contribution >= 4 is 22.7 Å². The number of H-pyrrole nitrogens is 1. The lowest BCUT2D eigenvalue weighted by Gasteiger charge is -2.35. The van der Waals surface area contributed by atoms with Crippen molar-refractivity contribution in [1.29, 1.82) is 0 Å². The lowest BCUT2D eigenvalue weighted by atomic mass is 9.98. The molecule has 2 aromatic carbocycles. The van der Waals surface area contributed by atoms with Crippen LogP contribution in [0.15, 0.2) is 54.6 Å². The third kappa shape index (κ3) is 5.42. The van der Waals surface area contributed by atoms with Gasteiger partial charge in [0, 0.05) is 48.9 Å². The third-order valence-corrected chi connectivity index (χ3v) is 6.42. The highest BCUT2D eigenvalue weighted by atomic mass is 16.5. The van der Waals surface area contributed by atoms with Gasteiger partial charge in [-0.05, 0) is 44.5 Å². The maximum Gasteiger partial charge on any atom is 0.245 e. The Morgan fingerprint density at radius 1 is 1.12 bits per heavy atom. The molecule has 0 aliphatic carbocycles. The van der Waals surface area contributed by atoms with Gasteiger partial charge in [-0.15, -0.1) is 0 Å². The minimum absolute atomic E-state index is 0.0679. The van der Waals surface area contributed by atoms with Gasteiger partial charge in [-0.1, -0.05) is 36.4 Å². The predicted molar refractivity (Wildman–Crippen MR) is 134 cm³/mol. The molecule has 1 saturated heterocycles. The van der Waals surface area contributed by atoms with Crippen molar-refractivity contribution < 1.29 is 14.3 Å². The molecule has 4 N–H and O–H groups in total. The van der Waals surface area contributed by atoms with Crippen molar-refractivity contribution in [3.63, 3.8) is 0 Å². The van der Waals surface area contributed by atoms with Crippen LogP contribution in [0.2, 0.25) is 0 Å². The highest BCUT2D eigenvalue weighted by Crippen LogP contribution is 2.25. The summed E-state index contributed by atoms with van der Waals surface area (Å²) in [7, 11) is 0. The Hall–Kier alpha value is -3.32. The third-order valence-electron chi connectivity index (χ3n) is 6.42. The number of ether oxygens (including phenoxy) is 1. The van der Waals surface area contributed by atoms with E-state index in [1.54, 1.807) is 13.8 Å². The molecule has 3 aromatic rings. The number of piperidine rings is 1. The van der Waals surface area contributed by atoms with Gasteiger partial charge in [0.05, 0.1) is 5.54 Å². The van der Waals surface area contributed by atoms with Gasteiger partial charge in [-0.3, -0.25) is 9.59 Å². The number of fused-ring (bicyclic) bond motifs is 1. The predicted octanol–water partition coefficient (Wildman–Crippen LogP) is 3.31. The Labute approximate surface area is 200 Å². The van der Waals surface area contributed by atoms with E-state index in [9.17, 15) is 9.59 Å². The van der Waals surface area contributed by atoms with Crippen molar-refractivity contribution in [2.24, 2.45) is 5.73 Å². The van der Waals surface area contributed by atoms with Crippen LogP contribution in [0.25, 0.3) is 10.9 Å². The molecule has 1 aliphatic heterocycles. The van der Waals surface area contributed by atoms with Crippen molar-refractivity contribution in [2.45, 2.75) is 57.7 Å². The molecule has 0 saturated carbocycles. The van der Waals surface area contributed by atoms with Crippen LogP contribution in [0.5, 0.6) is 5.75 Å². The molecule has 2 heterocycles. The number of likely N-dealkylation sites (tertiary alicyclic amines) is 1. The molecule has 0 radical (unpaired) electrons. The standard InChI is InChI=1S/C27H34N4O3/c1-18-22(21-11-7-8-12-23(21)29-18)17-24(30-26(33)27(2,3)28)25(32)31-15-13-20(14-16-31)34-19-9-5-4-6-10-19/h4-12,20,24,29H,13-17,28H2,1-3H3,(H,30,33)/t24-/m1/s1. The molecule has 0 unspecified atom stereocenters. The summed E-state index contributed by atoms with van der Waals surface area (Å²) >= 11 is 0. The van der Waals surface area contributed by atoms with E-state index < -0.39 is 11.6 Å². The number of aromatic amines is 1. The van der Waals surface area contributed by atoms with Crippen molar-refractivity contribution in [2.75, 3.05) is 13.1 Å². The first-order chi connectivity index (χ1) is 16.2. The molecule has 0 bridgehead atoms. The fourth-order valence-corrected chi connectivity index (χ4v) is 4.45. The van der Waals surface area contributed by atoms with E-state index >= 15 is 0 Å². The zero-order valence-electron chi connectivity index (χ0n) is 20.1. The number of nitrogens with zero attached hydrogens (tertiary/aromatic N) is 1. The SMILES string of the molecule is Cc1[nH]c2ccccc2c1C[C@@H](NC(=O)C(C)(C)N)C(=O)N1CCC(Oc2ccccc2)CC1. The van der Waals surface area contributed by atoms with E-state index in [1.807, 2.05) is 66.4 Å². The molecule has 7 heteroatoms. The van der Waals surface area contributed by atoms with Crippen LogP contribution in [0.1, 0.15) is 37.9 Å². The van der Waals surface area contributed by atoms with Crippen LogP contribution in [0.4, 0.5) is 0 Å². The van der Waals surface area contributed by atoms with E-state index in [-0.39, 0.29) is 17.9 Å². The number of benzene rings is 2. The number of amides is 2. The molecule has 4 rings (SSSR count). The van der Waals surface area contributed by atoms with Crippen LogP contribution < -0.4 is 15.8 Å². The molecule has 7 nitrogen and oxygen atoms in total. The summed E-state index contributed by atoms with van der Waals surface area (Å²) in [6.07, 6.45) is 1.96. The van der Waals surface area contributed by atoms with Gasteiger partial charge >= 0.3 is 0 Å². The molecule has 180 valence electrons. The maximum atomic E-state index is 13.6. The number of carbonyl (C=O) groups excluding carboxylic acids is 2. The first-order valence-corrected chi connectivity index (χ1v) is 11.9. The smallest absolute Gasteiger partial charge is 0.245 e. The van der Waals surface area contributed by atoms with Gasteiger partial charge in [0.15, 0.2) is 0 Å². The zero-order valence-corrected chi connectivity index (χ0v) is 20.1. The molecule has 1 aromatic heterocycles. The van der Waals surface area contributed by atoms with E-state index in [2.05, 4.69) is 10.3 Å². The summed E-state index contributed by atoms with van der Waals surface area (Å²) in [4.78, 5) is 31.6. The van der Waals surface area contributed by atoms with Gasteiger partial charge in [0.25, 0.3) is 0 Å². The van der Waals surface area contributed by atoms with Crippen LogP contribution in [0.3, 0.4) is 0 Å². The fraction of sp³-hybridized carbons (Fsp3) is 0.407. The number of para-hydroxylation sites is 2. The number of aryl methyl sites for hydroxylation is 1. The van der Waals surface area contributed by atoms with Gasteiger partial charge in [-0.2, -0.15) is 0 Å². The fourth-order valence-electron chi connectivity index (χ4n) is 4.45. The van der Waals surface area contributed by atoms with Gasteiger partial charge in [0.2, 0.25) is 11.8 Å². The number of aromatic nitrogens is 1. The number of carbonyl (C=O) groups is 2. The summed E-state index contributed by atoms with van der Waals surface area (Å²) in [5.74, 6) is 0.420. The normalized spacial score (nSPS) is 15.8. The minimum atomic E-state index is -1.08. The lowest BCUT2D eigenvalue weighted by Crippen LogP contribution is -2.58. The van der Waals surface area contributed by atoms with Gasteiger partial charge < -0.3 is 25.7 Å². The number of hydrogen-bond acceptors (Lipinski definition) is 4. The maximum absolute atomic E-state index is 13.6. The molecule has 1 aliphatic rings. The quantitative estimate of drug-likeness (QED) is 0.501. The Bertz CT molecular complexity index is 1140. The Balaban J connectivity index is 1.49. The first-order valence-electron chi connectivity index (χ1n) is 11.9. The monoisotopic (exact) mass is 462 g/mol. The van der Waals surface area contributed by atoms with Crippen molar-refractivity contribution in [3.05, 3.63) is 65.9 Å². The van der Waals surface area contributed by atoms with E-state index in [0.29, 0.717) is 19.5 Å². The minimum Gasteiger partial charge on any atom is -0.490 e. The number of hydrogen-bond donors (Lipinski definition) is 3. The first kappa shape index (κ1) is 23.8. The summed E-state index contributed by atoms with van der Waals surface area (Å²) in [5.41, 5.74) is 8.00. The Morgan fingerprint density at radius 2 is 1.76 bits per heavy atom. The summed E-state index contributed by atoms with van der Waals surface area (Å²) in [6.45, 7) is 6.46. The second kappa shape index (κ2) is 9.89. The molecule has 1 atom stereocenters. The summed E-state index contributed by atoms with van der Waals surface area (Å²) in [6, 6.07) is 17.1. The molecular weight excluding hydrogens is 428 g/mol. The van der Waals surface area contributed by atoms with Gasteiger partial charge in [0.1, 0.15) is 17.9 Å². The molecule has 34 heavy (non-hydrogen) atoms.